The molecule has 2 heterocycles. The predicted molar refractivity (Wildman–Crippen MR) is 94.1 cm³/mol. The summed E-state index contributed by atoms with van der Waals surface area (Å²) in [6.07, 6.45) is 7.47. The van der Waals surface area contributed by atoms with Crippen LogP contribution in [0, 0.1) is 5.82 Å². The van der Waals surface area contributed by atoms with Crippen molar-refractivity contribution >= 4 is 5.91 Å². The molecule has 132 valence electrons. The van der Waals surface area contributed by atoms with Gasteiger partial charge in [0.15, 0.2) is 0 Å². The molecule has 24 heavy (non-hydrogen) atoms. The fourth-order valence-corrected chi connectivity index (χ4v) is 4.26. The normalized spacial score (nSPS) is 25.4. The third kappa shape index (κ3) is 3.80. The zero-order valence-electron chi connectivity index (χ0n) is 14.8. The first-order chi connectivity index (χ1) is 11.6. The third-order valence-corrected chi connectivity index (χ3v) is 5.77. The van der Waals surface area contributed by atoms with Gasteiger partial charge >= 0.3 is 0 Å². The summed E-state index contributed by atoms with van der Waals surface area (Å²) < 4.78 is 13.1. The number of hydrogen-bond acceptors (Lipinski definition) is 2. The van der Waals surface area contributed by atoms with Crippen LogP contribution in [0.2, 0.25) is 0 Å². The van der Waals surface area contributed by atoms with Gasteiger partial charge in [-0.15, -0.1) is 0 Å². The lowest BCUT2D eigenvalue weighted by atomic mass is 9.87. The molecule has 2 aliphatic heterocycles. The third-order valence-electron chi connectivity index (χ3n) is 5.77. The second kappa shape index (κ2) is 7.64. The summed E-state index contributed by atoms with van der Waals surface area (Å²) in [6, 6.07) is 6.59. The number of amides is 1. The minimum absolute atomic E-state index is 0.0203. The zero-order chi connectivity index (χ0) is 17.0. The summed E-state index contributed by atoms with van der Waals surface area (Å²) in [5.41, 5.74) is 1.05. The monoisotopic (exact) mass is 332 g/mol. The van der Waals surface area contributed by atoms with Crippen molar-refractivity contribution in [2.45, 2.75) is 64.0 Å². The van der Waals surface area contributed by atoms with Gasteiger partial charge in [-0.3, -0.25) is 4.79 Å². The van der Waals surface area contributed by atoms with Crippen LogP contribution in [0.5, 0.6) is 0 Å². The fourth-order valence-electron chi connectivity index (χ4n) is 4.26. The molecule has 1 aromatic carbocycles. The lowest BCUT2D eigenvalue weighted by Crippen LogP contribution is -2.46. The first kappa shape index (κ1) is 17.4. The van der Waals surface area contributed by atoms with E-state index in [9.17, 15) is 9.18 Å². The number of unbranched alkanes of at least 4 members (excludes halogenated alkanes) is 1. The highest BCUT2D eigenvalue weighted by Crippen LogP contribution is 2.40. The average molecular weight is 332 g/mol. The quantitative estimate of drug-likeness (QED) is 0.814. The highest BCUT2D eigenvalue weighted by molar-refractivity contribution is 5.79. The van der Waals surface area contributed by atoms with Crippen LogP contribution in [-0.2, 0) is 11.3 Å². The smallest absolute Gasteiger partial charge is 0.223 e. The maximum absolute atomic E-state index is 13.1. The lowest BCUT2D eigenvalue weighted by Gasteiger charge is -2.38. The van der Waals surface area contributed by atoms with E-state index in [4.69, 9.17) is 0 Å². The predicted octanol–water partition coefficient (Wildman–Crippen LogP) is 3.97. The van der Waals surface area contributed by atoms with Crippen molar-refractivity contribution in [2.24, 2.45) is 0 Å². The van der Waals surface area contributed by atoms with Gasteiger partial charge in [0.1, 0.15) is 5.82 Å². The number of carbonyl (C=O) groups excluding carboxylic acids is 1. The minimum Gasteiger partial charge on any atom is -0.333 e. The van der Waals surface area contributed by atoms with Crippen molar-refractivity contribution in [3.63, 3.8) is 0 Å². The van der Waals surface area contributed by atoms with Gasteiger partial charge in [0, 0.05) is 25.0 Å². The molecule has 0 radical (unpaired) electrons. The van der Waals surface area contributed by atoms with Crippen molar-refractivity contribution in [1.29, 1.82) is 0 Å². The Labute approximate surface area is 144 Å². The Kier molecular flexibility index (Phi) is 5.54. The summed E-state index contributed by atoms with van der Waals surface area (Å²) in [7, 11) is 0. The Hall–Kier alpha value is -1.42. The zero-order valence-corrected chi connectivity index (χ0v) is 14.8. The fraction of sp³-hybridized carbons (Fsp3) is 0.650. The van der Waals surface area contributed by atoms with Crippen LogP contribution in [0.1, 0.15) is 57.4 Å². The molecule has 0 unspecified atom stereocenters. The lowest BCUT2D eigenvalue weighted by molar-refractivity contribution is -0.132. The van der Waals surface area contributed by atoms with E-state index in [1.165, 1.54) is 31.5 Å². The summed E-state index contributed by atoms with van der Waals surface area (Å²) in [6.45, 7) is 6.28. The number of rotatable bonds is 5. The summed E-state index contributed by atoms with van der Waals surface area (Å²) in [4.78, 5) is 17.2. The molecule has 4 heteroatoms. The second-order valence-electron chi connectivity index (χ2n) is 7.38. The average Bonchev–Trinajstić information content (AvgIpc) is 2.76. The highest BCUT2D eigenvalue weighted by Gasteiger charge is 2.45. The van der Waals surface area contributed by atoms with Gasteiger partial charge in [-0.2, -0.15) is 0 Å². The van der Waals surface area contributed by atoms with Gasteiger partial charge in [0.25, 0.3) is 0 Å². The molecule has 0 aliphatic carbocycles. The standard InChI is InChI=1S/C20H29FN2O/c1-2-3-13-22-14-4-10-20(12-15-22)11-9-19(24)23(20)16-17-5-7-18(21)8-6-17/h5-8H,2-4,9-16H2,1H3/t20-/m1/s1. The van der Waals surface area contributed by atoms with Crippen molar-refractivity contribution in [3.8, 4) is 0 Å². The van der Waals surface area contributed by atoms with E-state index in [0.29, 0.717) is 13.0 Å². The molecule has 0 bridgehead atoms. The van der Waals surface area contributed by atoms with Crippen molar-refractivity contribution in [3.05, 3.63) is 35.6 Å². The van der Waals surface area contributed by atoms with Gasteiger partial charge in [-0.05, 0) is 62.9 Å². The molecule has 0 N–H and O–H groups in total. The Morgan fingerprint density at radius 1 is 1.12 bits per heavy atom. The van der Waals surface area contributed by atoms with E-state index in [1.54, 1.807) is 12.1 Å². The number of likely N-dealkylation sites (tertiary alicyclic amines) is 2. The van der Waals surface area contributed by atoms with Gasteiger partial charge < -0.3 is 9.80 Å². The van der Waals surface area contributed by atoms with Crippen LogP contribution in [0.25, 0.3) is 0 Å². The highest BCUT2D eigenvalue weighted by atomic mass is 19.1. The molecule has 0 saturated carbocycles. The van der Waals surface area contributed by atoms with Crippen LogP contribution in [0.3, 0.4) is 0 Å². The van der Waals surface area contributed by atoms with E-state index in [-0.39, 0.29) is 17.3 Å². The first-order valence-electron chi connectivity index (χ1n) is 9.40. The van der Waals surface area contributed by atoms with Crippen LogP contribution in [0.15, 0.2) is 24.3 Å². The molecule has 2 aliphatic rings. The molecule has 1 amide bonds. The van der Waals surface area contributed by atoms with E-state index in [1.807, 2.05) is 0 Å². The van der Waals surface area contributed by atoms with Crippen molar-refractivity contribution in [2.75, 3.05) is 19.6 Å². The molecule has 2 fully saturated rings. The SMILES string of the molecule is CCCCN1CCC[C@@]2(CCC(=O)N2Cc2ccc(F)cc2)CC1. The van der Waals surface area contributed by atoms with Crippen LogP contribution < -0.4 is 0 Å². The van der Waals surface area contributed by atoms with Crippen molar-refractivity contribution < 1.29 is 9.18 Å². The molecule has 1 spiro atoms. The molecular formula is C20H29FN2O. The molecule has 0 aromatic heterocycles. The molecule has 2 saturated heterocycles. The second-order valence-corrected chi connectivity index (χ2v) is 7.38. The van der Waals surface area contributed by atoms with Crippen molar-refractivity contribution in [1.82, 2.24) is 9.80 Å². The van der Waals surface area contributed by atoms with E-state index < -0.39 is 0 Å². The molecule has 3 rings (SSSR count). The van der Waals surface area contributed by atoms with Crippen LogP contribution >= 0.6 is 0 Å². The van der Waals surface area contributed by atoms with Gasteiger partial charge in [-0.1, -0.05) is 25.5 Å². The topological polar surface area (TPSA) is 23.6 Å². The minimum atomic E-state index is -0.220. The van der Waals surface area contributed by atoms with E-state index in [2.05, 4.69) is 16.7 Å². The number of hydrogen-bond donors (Lipinski definition) is 0. The van der Waals surface area contributed by atoms with Gasteiger partial charge in [0.05, 0.1) is 0 Å². The Morgan fingerprint density at radius 3 is 2.67 bits per heavy atom. The number of carbonyl (C=O) groups is 1. The molecule has 1 aromatic rings. The van der Waals surface area contributed by atoms with Crippen LogP contribution in [0.4, 0.5) is 4.39 Å². The number of nitrogens with zero attached hydrogens (tertiary/aromatic N) is 2. The van der Waals surface area contributed by atoms with Crippen LogP contribution in [-0.4, -0.2) is 40.9 Å². The van der Waals surface area contributed by atoms with E-state index >= 15 is 0 Å². The molecule has 1 atom stereocenters. The Balaban J connectivity index is 1.70. The van der Waals surface area contributed by atoms with Gasteiger partial charge in [0.2, 0.25) is 5.91 Å². The largest absolute Gasteiger partial charge is 0.333 e. The maximum atomic E-state index is 13.1. The Morgan fingerprint density at radius 2 is 1.92 bits per heavy atom. The molecule has 3 nitrogen and oxygen atoms in total. The summed E-state index contributed by atoms with van der Waals surface area (Å²) >= 11 is 0. The summed E-state index contributed by atoms with van der Waals surface area (Å²) in [5, 5.41) is 0. The van der Waals surface area contributed by atoms with Gasteiger partial charge in [-0.25, -0.2) is 4.39 Å². The number of benzene rings is 1. The maximum Gasteiger partial charge on any atom is 0.223 e. The summed E-state index contributed by atoms with van der Waals surface area (Å²) in [5.74, 6) is 0.0450. The Bertz CT molecular complexity index is 559. The van der Waals surface area contributed by atoms with E-state index in [0.717, 1.165) is 44.3 Å². The number of halogens is 1. The first-order valence-corrected chi connectivity index (χ1v) is 9.40. The molecular weight excluding hydrogens is 303 g/mol.